The Labute approximate surface area is 139 Å². The number of aryl methyl sites for hydroxylation is 1. The molecule has 0 saturated carbocycles. The zero-order valence-electron chi connectivity index (χ0n) is 12.9. The molecular weight excluding hydrogens is 344 g/mol. The van der Waals surface area contributed by atoms with Gasteiger partial charge < -0.3 is 5.32 Å². The van der Waals surface area contributed by atoms with Crippen molar-refractivity contribution in [3.8, 4) is 0 Å². The second-order valence-electron chi connectivity index (χ2n) is 5.23. The Hall–Kier alpha value is -2.97. The maximum atomic E-state index is 13.4. The van der Waals surface area contributed by atoms with Crippen LogP contribution in [0, 0.1) is 22.9 Å². The molecule has 2 rings (SSSR count). The zero-order chi connectivity index (χ0) is 18.8. The second kappa shape index (κ2) is 6.88. The van der Waals surface area contributed by atoms with Crippen LogP contribution in [0.25, 0.3) is 0 Å². The van der Waals surface area contributed by atoms with Crippen LogP contribution < -0.4 is 5.32 Å². The smallest absolute Gasteiger partial charge is 0.378 e. The van der Waals surface area contributed by atoms with Crippen LogP contribution >= 0.6 is 0 Å². The van der Waals surface area contributed by atoms with Crippen molar-refractivity contribution in [3.63, 3.8) is 0 Å². The summed E-state index contributed by atoms with van der Waals surface area (Å²) in [4.78, 5) is 21.5. The standard InChI is InChI=1S/C16H12F4N2O3/c1-9-2-3-10(6-13(9)17)15(23)8-21-11-4-5-14(22(24)25)12(7-11)16(18,19)20/h2-7,21H,8H2,1H3. The van der Waals surface area contributed by atoms with Crippen molar-refractivity contribution in [1.29, 1.82) is 0 Å². The molecule has 0 radical (unpaired) electrons. The topological polar surface area (TPSA) is 72.2 Å². The lowest BCUT2D eigenvalue weighted by Gasteiger charge is -2.11. The van der Waals surface area contributed by atoms with Gasteiger partial charge in [0.15, 0.2) is 5.78 Å². The van der Waals surface area contributed by atoms with E-state index in [4.69, 9.17) is 0 Å². The van der Waals surface area contributed by atoms with Crippen LogP contribution in [0.5, 0.6) is 0 Å². The van der Waals surface area contributed by atoms with Crippen molar-refractivity contribution in [1.82, 2.24) is 0 Å². The highest BCUT2D eigenvalue weighted by molar-refractivity contribution is 5.99. The molecule has 0 saturated heterocycles. The first-order valence-electron chi connectivity index (χ1n) is 6.98. The third-order valence-electron chi connectivity index (χ3n) is 3.45. The number of halogens is 4. The first-order valence-corrected chi connectivity index (χ1v) is 6.98. The molecule has 2 aromatic rings. The Morgan fingerprint density at radius 2 is 1.88 bits per heavy atom. The van der Waals surface area contributed by atoms with Gasteiger partial charge in [-0.2, -0.15) is 13.2 Å². The molecule has 0 bridgehead atoms. The number of nitro groups is 1. The molecule has 0 heterocycles. The van der Waals surface area contributed by atoms with Gasteiger partial charge in [0.25, 0.3) is 5.69 Å². The SMILES string of the molecule is Cc1ccc(C(=O)CNc2ccc([N+](=O)[O-])c(C(F)(F)F)c2)cc1F. The number of carbonyl (C=O) groups excluding carboxylic acids is 1. The molecule has 0 aliphatic rings. The number of hydrogen-bond acceptors (Lipinski definition) is 4. The van der Waals surface area contributed by atoms with Gasteiger partial charge in [-0.1, -0.05) is 12.1 Å². The van der Waals surface area contributed by atoms with Gasteiger partial charge in [-0.15, -0.1) is 0 Å². The normalized spacial score (nSPS) is 11.2. The van der Waals surface area contributed by atoms with E-state index in [1.54, 1.807) is 0 Å². The number of nitrogens with one attached hydrogen (secondary N) is 1. The third-order valence-corrected chi connectivity index (χ3v) is 3.45. The molecular formula is C16H12F4N2O3. The lowest BCUT2D eigenvalue weighted by atomic mass is 10.1. The van der Waals surface area contributed by atoms with E-state index in [-0.39, 0.29) is 11.3 Å². The molecule has 0 fully saturated rings. The Morgan fingerprint density at radius 3 is 2.44 bits per heavy atom. The second-order valence-corrected chi connectivity index (χ2v) is 5.23. The van der Waals surface area contributed by atoms with Crippen LogP contribution in [0.2, 0.25) is 0 Å². The fraction of sp³-hybridized carbons (Fsp3) is 0.188. The molecule has 0 unspecified atom stereocenters. The zero-order valence-corrected chi connectivity index (χ0v) is 12.9. The molecule has 0 atom stereocenters. The van der Waals surface area contributed by atoms with Gasteiger partial charge in [0.05, 0.1) is 11.5 Å². The van der Waals surface area contributed by atoms with Crippen molar-refractivity contribution >= 4 is 17.2 Å². The molecule has 9 heteroatoms. The number of ketones is 1. The summed E-state index contributed by atoms with van der Waals surface area (Å²) in [7, 11) is 0. The van der Waals surface area contributed by atoms with Gasteiger partial charge in [-0.05, 0) is 30.7 Å². The lowest BCUT2D eigenvalue weighted by Crippen LogP contribution is -2.15. The molecule has 0 aliphatic heterocycles. The predicted molar refractivity (Wildman–Crippen MR) is 82.1 cm³/mol. The molecule has 0 amide bonds. The maximum absolute atomic E-state index is 13.4. The predicted octanol–water partition coefficient (Wildman–Crippen LogP) is 4.36. The maximum Gasteiger partial charge on any atom is 0.423 e. The van der Waals surface area contributed by atoms with Gasteiger partial charge in [0.1, 0.15) is 11.4 Å². The molecule has 132 valence electrons. The third kappa shape index (κ3) is 4.31. The van der Waals surface area contributed by atoms with Crippen LogP contribution in [0.15, 0.2) is 36.4 Å². The minimum Gasteiger partial charge on any atom is -0.378 e. The monoisotopic (exact) mass is 356 g/mol. The Morgan fingerprint density at radius 1 is 1.20 bits per heavy atom. The van der Waals surface area contributed by atoms with Crippen molar-refractivity contribution in [2.45, 2.75) is 13.1 Å². The van der Waals surface area contributed by atoms with E-state index in [1.807, 2.05) is 0 Å². The number of Topliss-reactive ketones (excluding diaryl/α,β-unsaturated/α-hetero) is 1. The first-order chi connectivity index (χ1) is 11.6. The van der Waals surface area contributed by atoms with Gasteiger partial charge >= 0.3 is 6.18 Å². The highest BCUT2D eigenvalue weighted by Gasteiger charge is 2.38. The summed E-state index contributed by atoms with van der Waals surface area (Å²) in [6.45, 7) is 1.13. The van der Waals surface area contributed by atoms with Crippen LogP contribution in [0.3, 0.4) is 0 Å². The molecule has 1 N–H and O–H groups in total. The van der Waals surface area contributed by atoms with E-state index in [2.05, 4.69) is 5.32 Å². The lowest BCUT2D eigenvalue weighted by molar-refractivity contribution is -0.388. The average Bonchev–Trinajstić information content (AvgIpc) is 2.54. The van der Waals surface area contributed by atoms with Crippen molar-refractivity contribution in [3.05, 3.63) is 69.0 Å². The van der Waals surface area contributed by atoms with Crippen LogP contribution in [-0.4, -0.2) is 17.3 Å². The number of anilines is 1. The van der Waals surface area contributed by atoms with Gasteiger partial charge in [-0.25, -0.2) is 4.39 Å². The first kappa shape index (κ1) is 18.4. The Kier molecular flexibility index (Phi) is 5.05. The van der Waals surface area contributed by atoms with E-state index < -0.39 is 40.5 Å². The van der Waals surface area contributed by atoms with E-state index >= 15 is 0 Å². The van der Waals surface area contributed by atoms with Crippen molar-refractivity contribution in [2.75, 3.05) is 11.9 Å². The highest BCUT2D eigenvalue weighted by atomic mass is 19.4. The van der Waals surface area contributed by atoms with Crippen molar-refractivity contribution in [2.24, 2.45) is 0 Å². The molecule has 0 aliphatic carbocycles. The van der Waals surface area contributed by atoms with E-state index in [1.165, 1.54) is 19.1 Å². The summed E-state index contributed by atoms with van der Waals surface area (Å²) in [5, 5.41) is 13.1. The number of hydrogen-bond donors (Lipinski definition) is 1. The van der Waals surface area contributed by atoms with Crippen LogP contribution in [0.1, 0.15) is 21.5 Å². The Balaban J connectivity index is 2.19. The quantitative estimate of drug-likeness (QED) is 0.374. The number of nitrogens with zero attached hydrogens (tertiary/aromatic N) is 1. The van der Waals surface area contributed by atoms with E-state index in [0.29, 0.717) is 17.7 Å². The number of carbonyl (C=O) groups is 1. The molecule has 25 heavy (non-hydrogen) atoms. The van der Waals surface area contributed by atoms with Gasteiger partial charge in [0.2, 0.25) is 0 Å². The summed E-state index contributed by atoms with van der Waals surface area (Å²) >= 11 is 0. The summed E-state index contributed by atoms with van der Waals surface area (Å²) in [6, 6.07) is 6.19. The summed E-state index contributed by atoms with van der Waals surface area (Å²) < 4.78 is 52.1. The summed E-state index contributed by atoms with van der Waals surface area (Å²) in [5.41, 5.74) is -2.19. The van der Waals surface area contributed by atoms with Crippen LogP contribution in [-0.2, 0) is 6.18 Å². The number of benzene rings is 2. The van der Waals surface area contributed by atoms with Crippen molar-refractivity contribution < 1.29 is 27.3 Å². The number of alkyl halides is 3. The molecule has 0 aromatic heterocycles. The minimum atomic E-state index is -4.91. The fourth-order valence-corrected chi connectivity index (χ4v) is 2.08. The average molecular weight is 356 g/mol. The largest absolute Gasteiger partial charge is 0.423 e. The van der Waals surface area contributed by atoms with Gasteiger partial charge in [0, 0.05) is 17.3 Å². The highest BCUT2D eigenvalue weighted by Crippen LogP contribution is 2.37. The minimum absolute atomic E-state index is 0.0635. The van der Waals surface area contributed by atoms with E-state index in [9.17, 15) is 32.5 Å². The van der Waals surface area contributed by atoms with E-state index in [0.717, 1.165) is 12.1 Å². The summed E-state index contributed by atoms with van der Waals surface area (Å²) in [5.74, 6) is -1.11. The van der Waals surface area contributed by atoms with Gasteiger partial charge in [-0.3, -0.25) is 14.9 Å². The Bertz CT molecular complexity index is 835. The molecule has 2 aromatic carbocycles. The fourth-order valence-electron chi connectivity index (χ4n) is 2.08. The molecule has 5 nitrogen and oxygen atoms in total. The number of rotatable bonds is 5. The molecule has 0 spiro atoms. The van der Waals surface area contributed by atoms with Crippen LogP contribution in [0.4, 0.5) is 28.9 Å². The summed E-state index contributed by atoms with van der Waals surface area (Å²) in [6.07, 6.45) is -4.91. The number of nitro benzene ring substituents is 1.